The minimum Gasteiger partial charge on any atom is -0.396 e. The summed E-state index contributed by atoms with van der Waals surface area (Å²) < 4.78 is 12.8. The predicted molar refractivity (Wildman–Crippen MR) is 56.0 cm³/mol. The first kappa shape index (κ1) is 10.4. The number of nitrogens with zero attached hydrogens (tertiary/aromatic N) is 1. The van der Waals surface area contributed by atoms with Crippen LogP contribution in [0.3, 0.4) is 0 Å². The van der Waals surface area contributed by atoms with Crippen LogP contribution < -0.4 is 5.32 Å². The topological polar surface area (TPSA) is 45.1 Å². The Bertz CT molecular complexity index is 332. The average Bonchev–Trinajstić information content (AvgIpc) is 2.65. The van der Waals surface area contributed by atoms with Crippen LogP contribution in [0.15, 0.2) is 18.3 Å². The number of anilines is 1. The van der Waals surface area contributed by atoms with Gasteiger partial charge in [-0.1, -0.05) is 6.42 Å². The highest BCUT2D eigenvalue weighted by Crippen LogP contribution is 2.27. The van der Waals surface area contributed by atoms with Crippen molar-refractivity contribution >= 4 is 5.69 Å². The van der Waals surface area contributed by atoms with Crippen molar-refractivity contribution in [2.24, 2.45) is 5.92 Å². The van der Waals surface area contributed by atoms with Gasteiger partial charge in [0.2, 0.25) is 5.95 Å². The zero-order valence-corrected chi connectivity index (χ0v) is 8.49. The van der Waals surface area contributed by atoms with E-state index in [1.54, 1.807) is 6.07 Å². The van der Waals surface area contributed by atoms with Crippen LogP contribution in [0.1, 0.15) is 19.3 Å². The van der Waals surface area contributed by atoms with Gasteiger partial charge in [-0.25, -0.2) is 4.98 Å². The van der Waals surface area contributed by atoms with Gasteiger partial charge in [-0.2, -0.15) is 4.39 Å². The van der Waals surface area contributed by atoms with Crippen LogP contribution >= 0.6 is 0 Å². The van der Waals surface area contributed by atoms with Crippen molar-refractivity contribution in [2.75, 3.05) is 11.9 Å². The van der Waals surface area contributed by atoms with E-state index in [4.69, 9.17) is 5.11 Å². The van der Waals surface area contributed by atoms with E-state index in [2.05, 4.69) is 10.3 Å². The molecule has 0 amide bonds. The highest BCUT2D eigenvalue weighted by Gasteiger charge is 2.26. The first-order valence-corrected chi connectivity index (χ1v) is 5.28. The molecular formula is C11H15FN2O. The Hall–Kier alpha value is -1.16. The van der Waals surface area contributed by atoms with Gasteiger partial charge in [-0.3, -0.25) is 0 Å². The van der Waals surface area contributed by atoms with Gasteiger partial charge >= 0.3 is 0 Å². The number of rotatable bonds is 3. The number of aliphatic hydroxyl groups excluding tert-OH is 1. The molecule has 1 fully saturated rings. The van der Waals surface area contributed by atoms with Crippen LogP contribution in [0.2, 0.25) is 0 Å². The normalized spacial score (nSPS) is 25.5. The largest absolute Gasteiger partial charge is 0.396 e. The maximum Gasteiger partial charge on any atom is 0.214 e. The van der Waals surface area contributed by atoms with E-state index in [0.717, 1.165) is 24.9 Å². The smallest absolute Gasteiger partial charge is 0.214 e. The molecule has 1 heterocycles. The second kappa shape index (κ2) is 4.57. The fraction of sp³-hybridized carbons (Fsp3) is 0.545. The van der Waals surface area contributed by atoms with Crippen LogP contribution in [-0.2, 0) is 0 Å². The molecule has 0 aliphatic heterocycles. The third-order valence-electron chi connectivity index (χ3n) is 2.97. The molecule has 15 heavy (non-hydrogen) atoms. The summed E-state index contributed by atoms with van der Waals surface area (Å²) in [7, 11) is 0. The summed E-state index contributed by atoms with van der Waals surface area (Å²) in [6, 6.07) is 3.39. The van der Waals surface area contributed by atoms with Gasteiger partial charge in [0.25, 0.3) is 0 Å². The average molecular weight is 210 g/mol. The molecule has 0 bridgehead atoms. The number of halogens is 1. The van der Waals surface area contributed by atoms with Gasteiger partial charge in [-0.05, 0) is 18.9 Å². The lowest BCUT2D eigenvalue weighted by Gasteiger charge is -2.20. The molecule has 3 nitrogen and oxygen atoms in total. The molecule has 1 aromatic heterocycles. The number of hydrogen-bond donors (Lipinski definition) is 2. The van der Waals surface area contributed by atoms with E-state index in [1.165, 1.54) is 12.3 Å². The molecule has 0 saturated heterocycles. The molecule has 1 saturated carbocycles. The molecule has 1 aliphatic carbocycles. The molecular weight excluding hydrogens is 195 g/mol. The minimum absolute atomic E-state index is 0.200. The van der Waals surface area contributed by atoms with E-state index >= 15 is 0 Å². The van der Waals surface area contributed by atoms with Crippen molar-refractivity contribution in [1.82, 2.24) is 4.98 Å². The molecule has 2 unspecified atom stereocenters. The zero-order valence-electron chi connectivity index (χ0n) is 8.49. The minimum atomic E-state index is -0.474. The van der Waals surface area contributed by atoms with Crippen LogP contribution in [-0.4, -0.2) is 22.7 Å². The summed E-state index contributed by atoms with van der Waals surface area (Å²) in [6.07, 6.45) is 4.65. The Morgan fingerprint density at radius 3 is 3.13 bits per heavy atom. The lowest BCUT2D eigenvalue weighted by Crippen LogP contribution is -2.26. The van der Waals surface area contributed by atoms with Gasteiger partial charge < -0.3 is 10.4 Å². The Morgan fingerprint density at radius 1 is 1.53 bits per heavy atom. The highest BCUT2D eigenvalue weighted by atomic mass is 19.1. The molecule has 82 valence electrons. The Kier molecular flexibility index (Phi) is 3.16. The van der Waals surface area contributed by atoms with E-state index in [9.17, 15) is 4.39 Å². The van der Waals surface area contributed by atoms with Gasteiger partial charge in [0, 0.05) is 36.5 Å². The molecule has 4 heteroatoms. The number of hydrogen-bond acceptors (Lipinski definition) is 3. The maximum absolute atomic E-state index is 12.8. The third kappa shape index (κ3) is 2.45. The third-order valence-corrected chi connectivity index (χ3v) is 2.97. The lowest BCUT2D eigenvalue weighted by atomic mass is 10.1. The first-order valence-electron chi connectivity index (χ1n) is 5.28. The van der Waals surface area contributed by atoms with Gasteiger partial charge in [-0.15, -0.1) is 0 Å². The number of aromatic nitrogens is 1. The Labute approximate surface area is 88.3 Å². The number of pyridine rings is 1. The standard InChI is InChI=1S/C11H15FN2O/c12-11-6-9(4-5-13-11)14-10-3-1-2-8(10)7-15/h4-6,8,10,15H,1-3,7H2,(H,13,14). The summed E-state index contributed by atoms with van der Waals surface area (Å²) in [4.78, 5) is 3.50. The fourth-order valence-corrected chi connectivity index (χ4v) is 2.15. The monoisotopic (exact) mass is 210 g/mol. The van der Waals surface area contributed by atoms with E-state index in [0.29, 0.717) is 5.92 Å². The van der Waals surface area contributed by atoms with Crippen molar-refractivity contribution in [3.05, 3.63) is 24.3 Å². The van der Waals surface area contributed by atoms with Crippen molar-refractivity contribution in [3.63, 3.8) is 0 Å². The molecule has 1 aliphatic rings. The second-order valence-corrected chi connectivity index (χ2v) is 3.99. The van der Waals surface area contributed by atoms with Gasteiger partial charge in [0.05, 0.1) is 0 Å². The molecule has 0 spiro atoms. The molecule has 2 N–H and O–H groups in total. The SMILES string of the molecule is OCC1CCCC1Nc1ccnc(F)c1. The van der Waals surface area contributed by atoms with Crippen LogP contribution in [0.5, 0.6) is 0 Å². The zero-order chi connectivity index (χ0) is 10.7. The van der Waals surface area contributed by atoms with E-state index in [1.807, 2.05) is 0 Å². The summed E-state index contributed by atoms with van der Waals surface area (Å²) in [6.45, 7) is 0.200. The molecule has 2 atom stereocenters. The fourth-order valence-electron chi connectivity index (χ4n) is 2.15. The second-order valence-electron chi connectivity index (χ2n) is 3.99. The summed E-state index contributed by atoms with van der Waals surface area (Å²) in [5.74, 6) is -0.181. The lowest BCUT2D eigenvalue weighted by molar-refractivity contribution is 0.222. The van der Waals surface area contributed by atoms with Crippen LogP contribution in [0.4, 0.5) is 10.1 Å². The summed E-state index contributed by atoms with van der Waals surface area (Å²) >= 11 is 0. The summed E-state index contributed by atoms with van der Waals surface area (Å²) in [5, 5.41) is 12.4. The van der Waals surface area contributed by atoms with Crippen LogP contribution in [0, 0.1) is 11.9 Å². The Balaban J connectivity index is 2.02. The van der Waals surface area contributed by atoms with Crippen molar-refractivity contribution in [3.8, 4) is 0 Å². The van der Waals surface area contributed by atoms with Crippen LogP contribution in [0.25, 0.3) is 0 Å². The first-order chi connectivity index (χ1) is 7.29. The summed E-state index contributed by atoms with van der Waals surface area (Å²) in [5.41, 5.74) is 0.743. The van der Waals surface area contributed by atoms with Gasteiger partial charge in [0.15, 0.2) is 0 Å². The van der Waals surface area contributed by atoms with Crippen molar-refractivity contribution < 1.29 is 9.50 Å². The van der Waals surface area contributed by atoms with Gasteiger partial charge in [0.1, 0.15) is 0 Å². The number of nitrogens with one attached hydrogen (secondary N) is 1. The van der Waals surface area contributed by atoms with E-state index in [-0.39, 0.29) is 12.6 Å². The Morgan fingerprint density at radius 2 is 2.40 bits per heavy atom. The predicted octanol–water partition coefficient (Wildman–Crippen LogP) is 1.79. The van der Waals surface area contributed by atoms with Crippen molar-refractivity contribution in [1.29, 1.82) is 0 Å². The number of aliphatic hydroxyl groups is 1. The molecule has 0 radical (unpaired) electrons. The highest BCUT2D eigenvalue weighted by molar-refractivity contribution is 5.42. The van der Waals surface area contributed by atoms with E-state index < -0.39 is 5.95 Å². The quantitative estimate of drug-likeness (QED) is 0.748. The van der Waals surface area contributed by atoms with Crippen molar-refractivity contribution in [2.45, 2.75) is 25.3 Å². The molecule has 0 aromatic carbocycles. The maximum atomic E-state index is 12.8. The molecule has 1 aromatic rings. The molecule has 2 rings (SSSR count).